The standard InChI is InChI=1S/C9H11NO3/c1-6-4-7(2-3-8(6)11)13-5-9(10)12/h2-4,11H,5H2,1H3,(H2,10,12). The van der Waals surface area contributed by atoms with Crippen LogP contribution in [0.5, 0.6) is 11.5 Å². The Labute approximate surface area is 75.9 Å². The van der Waals surface area contributed by atoms with Crippen molar-refractivity contribution in [3.05, 3.63) is 23.8 Å². The molecule has 0 spiro atoms. The molecule has 4 heteroatoms. The zero-order valence-corrected chi connectivity index (χ0v) is 7.28. The number of benzene rings is 1. The number of aryl methyl sites for hydroxylation is 1. The second kappa shape index (κ2) is 3.80. The van der Waals surface area contributed by atoms with Crippen molar-refractivity contribution in [2.45, 2.75) is 6.92 Å². The van der Waals surface area contributed by atoms with Gasteiger partial charge in [-0.15, -0.1) is 0 Å². The summed E-state index contributed by atoms with van der Waals surface area (Å²) in [6.07, 6.45) is 0. The zero-order valence-electron chi connectivity index (χ0n) is 7.28. The molecule has 0 aliphatic heterocycles. The van der Waals surface area contributed by atoms with Gasteiger partial charge in [0.2, 0.25) is 0 Å². The summed E-state index contributed by atoms with van der Waals surface area (Å²) in [6.45, 7) is 1.59. The van der Waals surface area contributed by atoms with Crippen molar-refractivity contribution < 1.29 is 14.6 Å². The van der Waals surface area contributed by atoms with Crippen molar-refractivity contribution >= 4 is 5.91 Å². The van der Waals surface area contributed by atoms with Gasteiger partial charge >= 0.3 is 0 Å². The summed E-state index contributed by atoms with van der Waals surface area (Å²) < 4.78 is 5.02. The molecule has 0 saturated carbocycles. The third kappa shape index (κ3) is 2.66. The number of phenolic OH excluding ortho intramolecular Hbond substituents is 1. The largest absolute Gasteiger partial charge is 0.508 e. The highest BCUT2D eigenvalue weighted by Gasteiger charge is 2.00. The fourth-order valence-electron chi connectivity index (χ4n) is 0.872. The summed E-state index contributed by atoms with van der Waals surface area (Å²) >= 11 is 0. The number of amides is 1. The van der Waals surface area contributed by atoms with E-state index in [0.717, 1.165) is 0 Å². The number of hydrogen-bond donors (Lipinski definition) is 2. The molecule has 0 unspecified atom stereocenters. The Morgan fingerprint density at radius 3 is 2.85 bits per heavy atom. The van der Waals surface area contributed by atoms with Crippen molar-refractivity contribution in [2.24, 2.45) is 5.73 Å². The number of aromatic hydroxyl groups is 1. The summed E-state index contributed by atoms with van der Waals surface area (Å²) in [5, 5.41) is 9.17. The first-order valence-corrected chi connectivity index (χ1v) is 3.80. The van der Waals surface area contributed by atoms with E-state index in [2.05, 4.69) is 0 Å². The molecule has 4 nitrogen and oxygen atoms in total. The van der Waals surface area contributed by atoms with E-state index in [1.807, 2.05) is 0 Å². The highest BCUT2D eigenvalue weighted by Crippen LogP contribution is 2.21. The van der Waals surface area contributed by atoms with Crippen LogP contribution >= 0.6 is 0 Å². The number of ether oxygens (including phenoxy) is 1. The first-order chi connectivity index (χ1) is 6.09. The summed E-state index contributed by atoms with van der Waals surface area (Å²) in [4.78, 5) is 10.4. The second-order valence-corrected chi connectivity index (χ2v) is 2.70. The molecule has 0 fully saturated rings. The van der Waals surface area contributed by atoms with Gasteiger partial charge in [-0.1, -0.05) is 0 Å². The Balaban J connectivity index is 2.68. The van der Waals surface area contributed by atoms with Gasteiger partial charge in [-0.05, 0) is 30.7 Å². The van der Waals surface area contributed by atoms with E-state index in [4.69, 9.17) is 10.5 Å². The molecule has 0 radical (unpaired) electrons. The average molecular weight is 181 g/mol. The summed E-state index contributed by atoms with van der Waals surface area (Å²) in [6, 6.07) is 4.72. The Morgan fingerprint density at radius 2 is 2.31 bits per heavy atom. The molecular weight excluding hydrogens is 170 g/mol. The molecular formula is C9H11NO3. The van der Waals surface area contributed by atoms with E-state index in [1.54, 1.807) is 19.1 Å². The summed E-state index contributed by atoms with van der Waals surface area (Å²) in [5.41, 5.74) is 5.59. The fourth-order valence-corrected chi connectivity index (χ4v) is 0.872. The highest BCUT2D eigenvalue weighted by molar-refractivity contribution is 5.75. The monoisotopic (exact) mass is 181 g/mol. The van der Waals surface area contributed by atoms with Gasteiger partial charge in [-0.2, -0.15) is 0 Å². The molecule has 0 heterocycles. The predicted molar refractivity (Wildman–Crippen MR) is 47.5 cm³/mol. The number of nitrogens with two attached hydrogens (primary N) is 1. The summed E-state index contributed by atoms with van der Waals surface area (Å²) in [5.74, 6) is 0.200. The van der Waals surface area contributed by atoms with Crippen molar-refractivity contribution in [1.82, 2.24) is 0 Å². The smallest absolute Gasteiger partial charge is 0.255 e. The van der Waals surface area contributed by atoms with Gasteiger partial charge in [0.05, 0.1) is 0 Å². The van der Waals surface area contributed by atoms with E-state index in [1.165, 1.54) is 6.07 Å². The molecule has 13 heavy (non-hydrogen) atoms. The number of phenols is 1. The lowest BCUT2D eigenvalue weighted by atomic mass is 10.2. The van der Waals surface area contributed by atoms with Crippen LogP contribution in [0, 0.1) is 6.92 Å². The van der Waals surface area contributed by atoms with Crippen LogP contribution in [0.2, 0.25) is 0 Å². The molecule has 0 aliphatic rings. The topological polar surface area (TPSA) is 72.5 Å². The van der Waals surface area contributed by atoms with E-state index in [0.29, 0.717) is 11.3 Å². The Kier molecular flexibility index (Phi) is 2.74. The van der Waals surface area contributed by atoms with Gasteiger partial charge in [0.25, 0.3) is 5.91 Å². The van der Waals surface area contributed by atoms with E-state index >= 15 is 0 Å². The molecule has 0 aliphatic carbocycles. The maximum atomic E-state index is 10.4. The number of carbonyl (C=O) groups excluding carboxylic acids is 1. The molecule has 1 amide bonds. The van der Waals surface area contributed by atoms with Crippen LogP contribution in [0.4, 0.5) is 0 Å². The van der Waals surface area contributed by atoms with Crippen LogP contribution in [0.3, 0.4) is 0 Å². The molecule has 0 bridgehead atoms. The van der Waals surface area contributed by atoms with Crippen molar-refractivity contribution in [1.29, 1.82) is 0 Å². The minimum absolute atomic E-state index is 0.149. The van der Waals surface area contributed by atoms with E-state index in [-0.39, 0.29) is 12.4 Å². The van der Waals surface area contributed by atoms with E-state index < -0.39 is 5.91 Å². The maximum Gasteiger partial charge on any atom is 0.255 e. The molecule has 1 rings (SSSR count). The van der Waals surface area contributed by atoms with Gasteiger partial charge < -0.3 is 15.6 Å². The maximum absolute atomic E-state index is 10.4. The van der Waals surface area contributed by atoms with Gasteiger partial charge in [-0.25, -0.2) is 0 Å². The first-order valence-electron chi connectivity index (χ1n) is 3.80. The molecule has 3 N–H and O–H groups in total. The Hall–Kier alpha value is -1.71. The van der Waals surface area contributed by atoms with Crippen LogP contribution < -0.4 is 10.5 Å². The lowest BCUT2D eigenvalue weighted by Gasteiger charge is -2.05. The van der Waals surface area contributed by atoms with Crippen LogP contribution in [-0.4, -0.2) is 17.6 Å². The highest BCUT2D eigenvalue weighted by atomic mass is 16.5. The normalized spacial score (nSPS) is 9.62. The van der Waals surface area contributed by atoms with Crippen LogP contribution in [0.25, 0.3) is 0 Å². The molecule has 0 aromatic heterocycles. The number of carbonyl (C=O) groups is 1. The molecule has 70 valence electrons. The van der Waals surface area contributed by atoms with Gasteiger partial charge in [0.15, 0.2) is 6.61 Å². The first kappa shape index (κ1) is 9.38. The lowest BCUT2D eigenvalue weighted by Crippen LogP contribution is -2.19. The number of primary amides is 1. The Bertz CT molecular complexity index is 323. The van der Waals surface area contributed by atoms with Crippen LogP contribution in [0.1, 0.15) is 5.56 Å². The van der Waals surface area contributed by atoms with Crippen LogP contribution in [-0.2, 0) is 4.79 Å². The third-order valence-electron chi connectivity index (χ3n) is 1.55. The average Bonchev–Trinajstić information content (AvgIpc) is 2.07. The van der Waals surface area contributed by atoms with Gasteiger partial charge in [0, 0.05) is 0 Å². The molecule has 0 atom stereocenters. The van der Waals surface area contributed by atoms with Crippen molar-refractivity contribution in [3.8, 4) is 11.5 Å². The fraction of sp³-hybridized carbons (Fsp3) is 0.222. The number of rotatable bonds is 3. The minimum Gasteiger partial charge on any atom is -0.508 e. The van der Waals surface area contributed by atoms with Gasteiger partial charge in [-0.3, -0.25) is 4.79 Å². The predicted octanol–water partition coefficient (Wildman–Crippen LogP) is 0.565. The second-order valence-electron chi connectivity index (χ2n) is 2.70. The molecule has 1 aromatic rings. The van der Waals surface area contributed by atoms with Gasteiger partial charge in [0.1, 0.15) is 11.5 Å². The number of hydrogen-bond acceptors (Lipinski definition) is 3. The van der Waals surface area contributed by atoms with Crippen molar-refractivity contribution in [3.63, 3.8) is 0 Å². The summed E-state index contributed by atoms with van der Waals surface area (Å²) in [7, 11) is 0. The minimum atomic E-state index is -0.522. The Morgan fingerprint density at radius 1 is 1.62 bits per heavy atom. The molecule has 0 saturated heterocycles. The third-order valence-corrected chi connectivity index (χ3v) is 1.55. The lowest BCUT2D eigenvalue weighted by molar-refractivity contribution is -0.119. The van der Waals surface area contributed by atoms with Crippen molar-refractivity contribution in [2.75, 3.05) is 6.61 Å². The van der Waals surface area contributed by atoms with E-state index in [9.17, 15) is 9.90 Å². The quantitative estimate of drug-likeness (QED) is 0.715. The zero-order chi connectivity index (χ0) is 9.84. The molecule has 1 aromatic carbocycles. The SMILES string of the molecule is Cc1cc(OCC(N)=O)ccc1O. The van der Waals surface area contributed by atoms with Crippen LogP contribution in [0.15, 0.2) is 18.2 Å².